The van der Waals surface area contributed by atoms with Gasteiger partial charge >= 0.3 is 0 Å². The highest BCUT2D eigenvalue weighted by Crippen LogP contribution is 2.23. The van der Waals surface area contributed by atoms with E-state index in [0.29, 0.717) is 20.8 Å². The monoisotopic (exact) mass is 305 g/mol. The molecule has 0 aliphatic rings. The molecule has 0 spiro atoms. The molecule has 0 aromatic heterocycles. The van der Waals surface area contributed by atoms with Crippen LogP contribution in [0.15, 0.2) is 53.0 Å². The van der Waals surface area contributed by atoms with Crippen LogP contribution in [0, 0.1) is 6.92 Å². The van der Waals surface area contributed by atoms with Crippen LogP contribution in [0.2, 0.25) is 0 Å². The number of carbonyl (C=O) groups is 1. The first-order valence-electron chi connectivity index (χ1n) is 5.45. The summed E-state index contributed by atoms with van der Waals surface area (Å²) in [6.07, 6.45) is 0. The number of benzene rings is 2. The Morgan fingerprint density at radius 2 is 1.72 bits per heavy atom. The molecule has 0 fully saturated rings. The largest absolute Gasteiger partial charge is 0.283 e. The van der Waals surface area contributed by atoms with Crippen molar-refractivity contribution in [1.29, 1.82) is 0 Å². The average molecular weight is 306 g/mol. The number of aryl methyl sites for hydroxylation is 1. The molecule has 1 amide bonds. The molecule has 1 N–H and O–H groups in total. The van der Waals surface area contributed by atoms with Crippen molar-refractivity contribution in [2.75, 3.05) is 5.06 Å². The predicted molar refractivity (Wildman–Crippen MR) is 73.9 cm³/mol. The van der Waals surface area contributed by atoms with Crippen molar-refractivity contribution in [3.8, 4) is 0 Å². The van der Waals surface area contributed by atoms with E-state index in [9.17, 15) is 10.0 Å². The fraction of sp³-hybridized carbons (Fsp3) is 0.0714. The summed E-state index contributed by atoms with van der Waals surface area (Å²) in [4.78, 5) is 12.2. The van der Waals surface area contributed by atoms with Crippen molar-refractivity contribution >= 4 is 27.5 Å². The van der Waals surface area contributed by atoms with Gasteiger partial charge in [-0.05, 0) is 46.6 Å². The number of amides is 1. The van der Waals surface area contributed by atoms with Crippen LogP contribution in [0.3, 0.4) is 0 Å². The van der Waals surface area contributed by atoms with Gasteiger partial charge in [-0.1, -0.05) is 30.3 Å². The van der Waals surface area contributed by atoms with Crippen molar-refractivity contribution in [3.63, 3.8) is 0 Å². The maximum Gasteiger partial charge on any atom is 0.283 e. The Bertz CT molecular complexity index is 584. The third-order valence-corrected chi connectivity index (χ3v) is 3.33. The minimum atomic E-state index is -0.461. The number of hydrogen-bond acceptors (Lipinski definition) is 2. The number of nitrogens with zero attached hydrogens (tertiary/aromatic N) is 1. The van der Waals surface area contributed by atoms with Gasteiger partial charge in [0.2, 0.25) is 0 Å². The molecule has 0 radical (unpaired) electrons. The zero-order chi connectivity index (χ0) is 13.1. The van der Waals surface area contributed by atoms with Gasteiger partial charge in [-0.2, -0.15) is 5.06 Å². The minimum Gasteiger partial charge on any atom is -0.281 e. The summed E-state index contributed by atoms with van der Waals surface area (Å²) in [7, 11) is 0. The van der Waals surface area contributed by atoms with E-state index in [0.717, 1.165) is 5.56 Å². The molecule has 2 rings (SSSR count). The third kappa shape index (κ3) is 2.44. The number of halogens is 1. The van der Waals surface area contributed by atoms with Gasteiger partial charge in [0.05, 0.1) is 11.3 Å². The lowest BCUT2D eigenvalue weighted by Gasteiger charge is -2.17. The lowest BCUT2D eigenvalue weighted by Crippen LogP contribution is -2.27. The maximum atomic E-state index is 12.2. The highest BCUT2D eigenvalue weighted by atomic mass is 79.9. The van der Waals surface area contributed by atoms with Crippen molar-refractivity contribution in [1.82, 2.24) is 0 Å². The van der Waals surface area contributed by atoms with Crippen LogP contribution in [0.25, 0.3) is 0 Å². The maximum absolute atomic E-state index is 12.2. The van der Waals surface area contributed by atoms with Crippen LogP contribution in [0.5, 0.6) is 0 Å². The number of carbonyl (C=O) groups excluding carboxylic acids is 1. The zero-order valence-electron chi connectivity index (χ0n) is 9.80. The SMILES string of the molecule is Cc1ccccc1N(O)C(=O)c1ccccc1Br. The molecule has 0 saturated carbocycles. The Labute approximate surface area is 114 Å². The lowest BCUT2D eigenvalue weighted by molar-refractivity contribution is 0.0853. The number of hydrogen-bond donors (Lipinski definition) is 1. The Balaban J connectivity index is 2.36. The number of hydroxylamine groups is 1. The molecule has 3 nitrogen and oxygen atoms in total. The van der Waals surface area contributed by atoms with Gasteiger partial charge in [-0.15, -0.1) is 0 Å². The van der Waals surface area contributed by atoms with Crippen LogP contribution in [0.1, 0.15) is 15.9 Å². The molecule has 0 bridgehead atoms. The van der Waals surface area contributed by atoms with Gasteiger partial charge in [-0.25, -0.2) is 0 Å². The Hall–Kier alpha value is -1.65. The first kappa shape index (κ1) is 12.8. The highest BCUT2D eigenvalue weighted by molar-refractivity contribution is 9.10. The standard InChI is InChI=1S/C14H12BrNO2/c1-10-6-2-5-9-13(10)16(18)14(17)11-7-3-4-8-12(11)15/h2-9,18H,1H3. The van der Waals surface area contributed by atoms with E-state index < -0.39 is 5.91 Å². The lowest BCUT2D eigenvalue weighted by atomic mass is 10.1. The highest BCUT2D eigenvalue weighted by Gasteiger charge is 2.18. The molecule has 2 aromatic carbocycles. The molecular weight excluding hydrogens is 294 g/mol. The summed E-state index contributed by atoms with van der Waals surface area (Å²) >= 11 is 3.30. The summed E-state index contributed by atoms with van der Waals surface area (Å²) in [6, 6.07) is 14.2. The normalized spacial score (nSPS) is 10.2. The van der Waals surface area contributed by atoms with Crippen molar-refractivity contribution in [3.05, 3.63) is 64.1 Å². The quantitative estimate of drug-likeness (QED) is 0.677. The van der Waals surface area contributed by atoms with Gasteiger partial charge in [0.15, 0.2) is 0 Å². The van der Waals surface area contributed by atoms with E-state index in [2.05, 4.69) is 15.9 Å². The fourth-order valence-electron chi connectivity index (χ4n) is 1.66. The summed E-state index contributed by atoms with van der Waals surface area (Å²) in [5, 5.41) is 10.7. The number of para-hydroxylation sites is 1. The van der Waals surface area contributed by atoms with Crippen LogP contribution < -0.4 is 5.06 Å². The van der Waals surface area contributed by atoms with E-state index in [1.807, 2.05) is 25.1 Å². The van der Waals surface area contributed by atoms with Crippen LogP contribution in [0.4, 0.5) is 5.69 Å². The van der Waals surface area contributed by atoms with Gasteiger partial charge in [0.25, 0.3) is 5.91 Å². The molecule has 4 heteroatoms. The molecule has 0 aliphatic heterocycles. The van der Waals surface area contributed by atoms with Gasteiger partial charge in [0.1, 0.15) is 0 Å². The van der Waals surface area contributed by atoms with Crippen LogP contribution in [-0.4, -0.2) is 11.1 Å². The second kappa shape index (κ2) is 5.33. The molecule has 0 atom stereocenters. The molecule has 2 aromatic rings. The summed E-state index contributed by atoms with van der Waals surface area (Å²) < 4.78 is 0.655. The van der Waals surface area contributed by atoms with Gasteiger partial charge in [-0.3, -0.25) is 10.0 Å². The minimum absolute atomic E-state index is 0.420. The second-order valence-electron chi connectivity index (χ2n) is 3.88. The molecule has 18 heavy (non-hydrogen) atoms. The van der Waals surface area contributed by atoms with E-state index in [-0.39, 0.29) is 0 Å². The van der Waals surface area contributed by atoms with E-state index in [1.54, 1.807) is 30.3 Å². The molecule has 0 aliphatic carbocycles. The topological polar surface area (TPSA) is 40.5 Å². The molecule has 0 unspecified atom stereocenters. The van der Waals surface area contributed by atoms with E-state index in [1.165, 1.54) is 0 Å². The molecule has 92 valence electrons. The van der Waals surface area contributed by atoms with Crippen molar-refractivity contribution in [2.24, 2.45) is 0 Å². The predicted octanol–water partition coefficient (Wildman–Crippen LogP) is 3.79. The van der Waals surface area contributed by atoms with E-state index in [4.69, 9.17) is 0 Å². The van der Waals surface area contributed by atoms with Gasteiger partial charge < -0.3 is 0 Å². The molecule has 0 heterocycles. The first-order chi connectivity index (χ1) is 8.61. The molecule has 0 saturated heterocycles. The average Bonchev–Trinajstić information content (AvgIpc) is 2.38. The smallest absolute Gasteiger partial charge is 0.281 e. The number of anilines is 1. The Morgan fingerprint density at radius 1 is 1.11 bits per heavy atom. The zero-order valence-corrected chi connectivity index (χ0v) is 11.4. The fourth-order valence-corrected chi connectivity index (χ4v) is 2.11. The van der Waals surface area contributed by atoms with Crippen LogP contribution >= 0.6 is 15.9 Å². The summed E-state index contributed by atoms with van der Waals surface area (Å²) in [5.74, 6) is -0.461. The van der Waals surface area contributed by atoms with Crippen LogP contribution in [-0.2, 0) is 0 Å². The molecular formula is C14H12BrNO2. The van der Waals surface area contributed by atoms with Gasteiger partial charge in [0, 0.05) is 4.47 Å². The Kier molecular flexibility index (Phi) is 3.79. The van der Waals surface area contributed by atoms with Crippen molar-refractivity contribution < 1.29 is 10.0 Å². The van der Waals surface area contributed by atoms with Crippen molar-refractivity contribution in [2.45, 2.75) is 6.92 Å². The second-order valence-corrected chi connectivity index (χ2v) is 4.74. The summed E-state index contributed by atoms with van der Waals surface area (Å²) in [5.41, 5.74) is 1.74. The van der Waals surface area contributed by atoms with E-state index >= 15 is 0 Å². The third-order valence-electron chi connectivity index (χ3n) is 2.64. The number of rotatable bonds is 2. The Morgan fingerprint density at radius 3 is 2.39 bits per heavy atom. The summed E-state index contributed by atoms with van der Waals surface area (Å²) in [6.45, 7) is 1.84. The first-order valence-corrected chi connectivity index (χ1v) is 6.24.